The van der Waals surface area contributed by atoms with Crippen molar-refractivity contribution in [2.24, 2.45) is 5.18 Å². The van der Waals surface area contributed by atoms with E-state index < -0.39 is 0 Å². The number of pyridine rings is 1. The zero-order valence-corrected chi connectivity index (χ0v) is 14.5. The molecule has 1 aromatic heterocycles. The summed E-state index contributed by atoms with van der Waals surface area (Å²) in [5.41, 5.74) is 3.25. The molecule has 0 atom stereocenters. The van der Waals surface area contributed by atoms with E-state index in [1.54, 1.807) is 12.5 Å². The van der Waals surface area contributed by atoms with E-state index in [9.17, 15) is 4.91 Å². The van der Waals surface area contributed by atoms with Crippen LogP contribution in [0.1, 0.15) is 0 Å². The number of rotatable bonds is 2. The van der Waals surface area contributed by atoms with E-state index in [0.717, 1.165) is 43.1 Å². The molecular formula is C19H11BrN4O. The van der Waals surface area contributed by atoms with Crippen molar-refractivity contribution < 1.29 is 0 Å². The van der Waals surface area contributed by atoms with E-state index in [4.69, 9.17) is 0 Å². The van der Waals surface area contributed by atoms with Gasteiger partial charge in [-0.05, 0) is 28.8 Å². The Labute approximate surface area is 150 Å². The van der Waals surface area contributed by atoms with Crippen molar-refractivity contribution in [2.45, 2.75) is 0 Å². The van der Waals surface area contributed by atoms with E-state index >= 15 is 0 Å². The molecule has 6 heteroatoms. The summed E-state index contributed by atoms with van der Waals surface area (Å²) in [5.74, 6) is 0.785. The molecule has 0 amide bonds. The number of aromatic amines is 1. The number of nitroso groups, excluding NO2 is 1. The van der Waals surface area contributed by atoms with Gasteiger partial charge in [0.05, 0.1) is 5.56 Å². The number of benzene rings is 2. The molecule has 5 rings (SSSR count). The van der Waals surface area contributed by atoms with Gasteiger partial charge in [-0.3, -0.25) is 4.57 Å². The molecule has 1 N–H and O–H groups in total. The van der Waals surface area contributed by atoms with Crippen molar-refractivity contribution in [3.8, 4) is 16.9 Å². The van der Waals surface area contributed by atoms with Gasteiger partial charge in [0.2, 0.25) is 0 Å². The average molecular weight is 391 g/mol. The maximum absolute atomic E-state index is 11.7. The van der Waals surface area contributed by atoms with Crippen molar-refractivity contribution in [3.63, 3.8) is 0 Å². The summed E-state index contributed by atoms with van der Waals surface area (Å²) in [7, 11) is 0. The monoisotopic (exact) mass is 390 g/mol. The number of nitrogens with one attached hydrogen (secondary N) is 1. The molecule has 3 aromatic rings. The van der Waals surface area contributed by atoms with E-state index in [2.05, 4.69) is 37.1 Å². The number of halogens is 1. The molecule has 25 heavy (non-hydrogen) atoms. The number of aromatic nitrogens is 3. The van der Waals surface area contributed by atoms with Crippen LogP contribution < -0.4 is 0 Å². The first-order valence-corrected chi connectivity index (χ1v) is 8.54. The fourth-order valence-electron chi connectivity index (χ4n) is 3.51. The van der Waals surface area contributed by atoms with Crippen LogP contribution in [-0.2, 0) is 0 Å². The quantitative estimate of drug-likeness (QED) is 0.388. The summed E-state index contributed by atoms with van der Waals surface area (Å²) in [6.07, 6.45) is 5.27. The molecule has 0 radical (unpaired) electrons. The van der Waals surface area contributed by atoms with Crippen molar-refractivity contribution in [3.05, 3.63) is 70.6 Å². The van der Waals surface area contributed by atoms with Crippen LogP contribution in [0.2, 0.25) is 0 Å². The van der Waals surface area contributed by atoms with Crippen LogP contribution >= 0.6 is 15.9 Å². The van der Waals surface area contributed by atoms with Gasteiger partial charge >= 0.3 is 0 Å². The number of imidazole rings is 1. The van der Waals surface area contributed by atoms with Crippen molar-refractivity contribution >= 4 is 43.3 Å². The molecule has 120 valence electrons. The lowest BCUT2D eigenvalue weighted by Crippen LogP contribution is -1.99. The Hall–Kier alpha value is -2.99. The molecule has 0 unspecified atom stereocenters. The first kappa shape index (κ1) is 14.4. The minimum Gasteiger partial charge on any atom is -0.340 e. The second kappa shape index (κ2) is 5.26. The van der Waals surface area contributed by atoms with Gasteiger partial charge in [0, 0.05) is 38.7 Å². The van der Waals surface area contributed by atoms with Gasteiger partial charge in [-0.25, -0.2) is 4.98 Å². The van der Waals surface area contributed by atoms with Crippen LogP contribution in [0.15, 0.2) is 70.8 Å². The minimum atomic E-state index is 0.451. The Kier molecular flexibility index (Phi) is 3.02. The second-order valence-corrected chi connectivity index (χ2v) is 6.78. The van der Waals surface area contributed by atoms with Crippen molar-refractivity contribution in [1.82, 2.24) is 14.5 Å². The smallest absolute Gasteiger partial charge is 0.127 e. The van der Waals surface area contributed by atoms with Crippen molar-refractivity contribution in [2.75, 3.05) is 0 Å². The Bertz CT molecular complexity index is 1220. The summed E-state index contributed by atoms with van der Waals surface area (Å²) >= 11 is 3.55. The van der Waals surface area contributed by atoms with Gasteiger partial charge in [0.15, 0.2) is 0 Å². The Morgan fingerprint density at radius 1 is 1.04 bits per heavy atom. The number of nitrogens with zero attached hydrogens (tertiary/aromatic N) is 3. The van der Waals surface area contributed by atoms with Crippen molar-refractivity contribution in [1.29, 1.82) is 0 Å². The lowest BCUT2D eigenvalue weighted by molar-refractivity contribution is 1.01. The second-order valence-electron chi connectivity index (χ2n) is 5.87. The van der Waals surface area contributed by atoms with Gasteiger partial charge in [-0.15, -0.1) is 4.91 Å². The lowest BCUT2D eigenvalue weighted by atomic mass is 10.0. The van der Waals surface area contributed by atoms with Gasteiger partial charge in [0.1, 0.15) is 17.8 Å². The Balaban J connectivity index is 2.09. The molecule has 1 aliphatic carbocycles. The minimum absolute atomic E-state index is 0.451. The highest BCUT2D eigenvalue weighted by atomic mass is 79.9. The number of hydrogen-bond acceptors (Lipinski definition) is 3. The van der Waals surface area contributed by atoms with Crippen LogP contribution in [0, 0.1) is 4.91 Å². The number of H-pyrrole nitrogens is 1. The number of fused-ring (bicyclic) bond motifs is 5. The maximum atomic E-state index is 11.7. The summed E-state index contributed by atoms with van der Waals surface area (Å²) in [6.45, 7) is 0. The summed E-state index contributed by atoms with van der Waals surface area (Å²) in [6, 6.07) is 14.0. The van der Waals surface area contributed by atoms with Crippen LogP contribution in [0.4, 0.5) is 5.69 Å². The predicted octanol–water partition coefficient (Wildman–Crippen LogP) is 5.77. The van der Waals surface area contributed by atoms with Crippen LogP contribution in [-0.4, -0.2) is 14.5 Å². The maximum Gasteiger partial charge on any atom is 0.127 e. The molecule has 0 saturated heterocycles. The van der Waals surface area contributed by atoms with E-state index in [1.165, 1.54) is 0 Å². The highest BCUT2D eigenvalue weighted by Crippen LogP contribution is 2.50. The van der Waals surface area contributed by atoms with Crippen LogP contribution in [0.3, 0.4) is 0 Å². The third kappa shape index (κ3) is 1.97. The molecule has 0 spiro atoms. The van der Waals surface area contributed by atoms with Gasteiger partial charge < -0.3 is 4.98 Å². The van der Waals surface area contributed by atoms with Crippen LogP contribution in [0.5, 0.6) is 0 Å². The average Bonchev–Trinajstić information content (AvgIpc) is 3.27. The fourth-order valence-corrected chi connectivity index (χ4v) is 3.87. The SMILES string of the molecule is O=Nc1c2c(-n3ccnc3)[nH]c3ccc(Br)cc3c-2c2ccccc12. The standard InChI is InChI=1S/C19H11BrN4O/c20-11-5-6-15-14(9-11)16-12-3-1-2-4-13(12)18(23-25)17(16)19(22-15)24-8-7-21-10-24/h1-10,22H. The molecule has 5 nitrogen and oxygen atoms in total. The summed E-state index contributed by atoms with van der Waals surface area (Å²) < 4.78 is 2.85. The molecule has 0 saturated carbocycles. The van der Waals surface area contributed by atoms with Gasteiger partial charge in [-0.2, -0.15) is 0 Å². The third-order valence-electron chi connectivity index (χ3n) is 4.53. The predicted molar refractivity (Wildman–Crippen MR) is 103 cm³/mol. The molecule has 2 aromatic carbocycles. The largest absolute Gasteiger partial charge is 0.340 e. The van der Waals surface area contributed by atoms with Gasteiger partial charge in [0.25, 0.3) is 0 Å². The van der Waals surface area contributed by atoms with Crippen LogP contribution in [0.25, 0.3) is 38.6 Å². The normalized spacial score (nSPS) is 11.6. The number of hydrogen-bond donors (Lipinski definition) is 1. The first-order valence-electron chi connectivity index (χ1n) is 7.75. The first-order chi connectivity index (χ1) is 12.3. The fraction of sp³-hybridized carbons (Fsp3) is 0. The molecule has 1 aliphatic heterocycles. The van der Waals surface area contributed by atoms with Gasteiger partial charge in [-0.1, -0.05) is 40.2 Å². The Morgan fingerprint density at radius 3 is 2.64 bits per heavy atom. The lowest BCUT2D eigenvalue weighted by Gasteiger charge is -2.14. The summed E-state index contributed by atoms with van der Waals surface area (Å²) in [5, 5.41) is 6.29. The molecule has 2 heterocycles. The van der Waals surface area contributed by atoms with E-state index in [-0.39, 0.29) is 0 Å². The Morgan fingerprint density at radius 2 is 1.88 bits per heavy atom. The molecule has 2 aliphatic rings. The zero-order chi connectivity index (χ0) is 17.0. The molecular weight excluding hydrogens is 380 g/mol. The summed E-state index contributed by atoms with van der Waals surface area (Å²) in [4.78, 5) is 19.3. The third-order valence-corrected chi connectivity index (χ3v) is 5.03. The highest BCUT2D eigenvalue weighted by Gasteiger charge is 2.25. The molecule has 0 fully saturated rings. The zero-order valence-electron chi connectivity index (χ0n) is 12.9. The van der Waals surface area contributed by atoms with E-state index in [0.29, 0.717) is 5.69 Å². The van der Waals surface area contributed by atoms with E-state index in [1.807, 2.05) is 47.2 Å². The topological polar surface area (TPSA) is 63.0 Å². The molecule has 0 bridgehead atoms. The highest BCUT2D eigenvalue weighted by molar-refractivity contribution is 9.10.